The topological polar surface area (TPSA) is 57.5 Å². The van der Waals surface area contributed by atoms with E-state index in [9.17, 15) is 14.0 Å². The van der Waals surface area contributed by atoms with Gasteiger partial charge in [-0.05, 0) is 42.8 Å². The lowest BCUT2D eigenvalue weighted by Crippen LogP contribution is -2.14. The molecule has 2 aromatic carbocycles. The number of fused-ring (bicyclic) bond motifs is 1. The molecule has 0 aliphatic rings. The lowest BCUT2D eigenvalue weighted by atomic mass is 10.1. The van der Waals surface area contributed by atoms with Crippen molar-refractivity contribution in [1.29, 1.82) is 0 Å². The molecule has 0 atom stereocenters. The Balaban J connectivity index is 2.18. The fourth-order valence-corrected chi connectivity index (χ4v) is 3.32. The van der Waals surface area contributed by atoms with Gasteiger partial charge in [-0.25, -0.2) is 4.39 Å². The normalized spacial score (nSPS) is 10.8. The van der Waals surface area contributed by atoms with E-state index in [0.717, 1.165) is 0 Å². The molecule has 0 aliphatic carbocycles. The number of carbonyl (C=O) groups excluding carboxylic acids is 2. The van der Waals surface area contributed by atoms with E-state index in [0.29, 0.717) is 32.7 Å². The number of hydrogen-bond donors (Lipinski definition) is 0. The van der Waals surface area contributed by atoms with E-state index in [4.69, 9.17) is 21.1 Å². The van der Waals surface area contributed by atoms with Gasteiger partial charge in [0.25, 0.3) is 5.91 Å². The fraction of sp³-hybridized carbons (Fsp3) is 0.182. The molecule has 0 fully saturated rings. The molecule has 150 valence electrons. The third kappa shape index (κ3) is 4.03. The van der Waals surface area contributed by atoms with Crippen LogP contribution in [0.2, 0.25) is 5.02 Å². The van der Waals surface area contributed by atoms with Crippen molar-refractivity contribution in [3.05, 3.63) is 76.7 Å². The highest BCUT2D eigenvalue weighted by Crippen LogP contribution is 2.32. The Kier molecular flexibility index (Phi) is 6.03. The van der Waals surface area contributed by atoms with Crippen LogP contribution in [0.5, 0.6) is 5.75 Å². The average Bonchev–Trinajstić information content (AvgIpc) is 2.96. The van der Waals surface area contributed by atoms with E-state index in [1.807, 2.05) is 0 Å². The number of methoxy groups -OCH3 is 1. The Morgan fingerprint density at radius 1 is 1.24 bits per heavy atom. The van der Waals surface area contributed by atoms with Gasteiger partial charge in [-0.3, -0.25) is 14.2 Å². The molecular weight excluding hydrogens is 397 g/mol. The third-order valence-electron chi connectivity index (χ3n) is 4.59. The molecule has 3 rings (SSSR count). The first-order valence-corrected chi connectivity index (χ1v) is 9.19. The standard InChI is InChI=1S/C22H19ClFNO4/c1-4-9-29-21(26)11-16-13(2)25(22(27)14-5-7-15(23)8-6-14)19-12-18(24)20(28-3)10-17(16)19/h4-8,10,12H,1,9,11H2,2-3H3. The highest BCUT2D eigenvalue weighted by Gasteiger charge is 2.23. The highest BCUT2D eigenvalue weighted by atomic mass is 35.5. The monoisotopic (exact) mass is 415 g/mol. The lowest BCUT2D eigenvalue weighted by Gasteiger charge is -2.08. The first-order chi connectivity index (χ1) is 13.9. The van der Waals surface area contributed by atoms with Gasteiger partial charge in [0, 0.05) is 27.7 Å². The molecule has 7 heteroatoms. The number of halogens is 2. The molecule has 1 aromatic heterocycles. The summed E-state index contributed by atoms with van der Waals surface area (Å²) in [5.74, 6) is -1.42. The smallest absolute Gasteiger partial charge is 0.310 e. The minimum atomic E-state index is -0.608. The summed E-state index contributed by atoms with van der Waals surface area (Å²) in [6.07, 6.45) is 1.39. The predicted octanol–water partition coefficient (Wildman–Crippen LogP) is 4.71. The molecule has 0 radical (unpaired) electrons. The van der Waals surface area contributed by atoms with Crippen molar-refractivity contribution in [3.8, 4) is 5.75 Å². The van der Waals surface area contributed by atoms with Crippen molar-refractivity contribution in [3.63, 3.8) is 0 Å². The zero-order valence-corrected chi connectivity index (χ0v) is 16.8. The summed E-state index contributed by atoms with van der Waals surface area (Å²) in [5.41, 5.74) is 1.80. The van der Waals surface area contributed by atoms with Crippen molar-refractivity contribution < 1.29 is 23.5 Å². The number of carbonyl (C=O) groups is 2. The van der Waals surface area contributed by atoms with Gasteiger partial charge in [0.1, 0.15) is 6.61 Å². The number of benzene rings is 2. The molecular formula is C22H19ClFNO4. The largest absolute Gasteiger partial charge is 0.494 e. The summed E-state index contributed by atoms with van der Waals surface area (Å²) in [6, 6.07) is 9.11. The molecule has 0 aliphatic heterocycles. The first-order valence-electron chi connectivity index (χ1n) is 8.81. The quantitative estimate of drug-likeness (QED) is 0.432. The van der Waals surface area contributed by atoms with Crippen LogP contribution in [0.4, 0.5) is 4.39 Å². The molecule has 0 saturated heterocycles. The second kappa shape index (κ2) is 8.49. The Bertz CT molecular complexity index is 1100. The molecule has 0 saturated carbocycles. The first kappa shape index (κ1) is 20.6. The number of hydrogen-bond acceptors (Lipinski definition) is 4. The molecule has 0 N–H and O–H groups in total. The summed E-state index contributed by atoms with van der Waals surface area (Å²) in [4.78, 5) is 25.4. The summed E-state index contributed by atoms with van der Waals surface area (Å²) in [5, 5.41) is 1.04. The number of ether oxygens (including phenoxy) is 2. The van der Waals surface area contributed by atoms with Gasteiger partial charge in [0.05, 0.1) is 19.0 Å². The van der Waals surface area contributed by atoms with Gasteiger partial charge in [0.15, 0.2) is 11.6 Å². The maximum Gasteiger partial charge on any atom is 0.310 e. The van der Waals surface area contributed by atoms with Crippen LogP contribution in [0.25, 0.3) is 10.9 Å². The minimum absolute atomic E-state index is 0.0225. The zero-order chi connectivity index (χ0) is 21.1. The molecule has 0 bridgehead atoms. The van der Waals surface area contributed by atoms with E-state index in [-0.39, 0.29) is 24.7 Å². The molecule has 0 amide bonds. The zero-order valence-electron chi connectivity index (χ0n) is 16.0. The maximum absolute atomic E-state index is 14.4. The molecule has 5 nitrogen and oxygen atoms in total. The molecule has 0 unspecified atom stereocenters. The summed E-state index contributed by atoms with van der Waals surface area (Å²) in [7, 11) is 1.35. The van der Waals surface area contributed by atoms with Crippen molar-refractivity contribution in [2.45, 2.75) is 13.3 Å². The van der Waals surface area contributed by atoms with Gasteiger partial charge >= 0.3 is 5.97 Å². The summed E-state index contributed by atoms with van der Waals surface area (Å²) < 4.78 is 26.0. The van der Waals surface area contributed by atoms with Gasteiger partial charge in [0.2, 0.25) is 0 Å². The van der Waals surface area contributed by atoms with Crippen molar-refractivity contribution in [2.24, 2.45) is 0 Å². The molecule has 3 aromatic rings. The number of rotatable bonds is 6. The van der Waals surface area contributed by atoms with Crippen molar-refractivity contribution >= 4 is 34.4 Å². The van der Waals surface area contributed by atoms with Crippen LogP contribution < -0.4 is 4.74 Å². The van der Waals surface area contributed by atoms with E-state index in [1.54, 1.807) is 31.2 Å². The lowest BCUT2D eigenvalue weighted by molar-refractivity contribution is -0.141. The fourth-order valence-electron chi connectivity index (χ4n) is 3.19. The van der Waals surface area contributed by atoms with E-state index >= 15 is 0 Å². The van der Waals surface area contributed by atoms with Crippen molar-refractivity contribution in [2.75, 3.05) is 13.7 Å². The Morgan fingerprint density at radius 3 is 2.55 bits per heavy atom. The van der Waals surface area contributed by atoms with Gasteiger partial charge in [-0.1, -0.05) is 24.3 Å². The number of esters is 1. The van der Waals surface area contributed by atoms with Crippen LogP contribution in [0.3, 0.4) is 0 Å². The van der Waals surface area contributed by atoms with Crippen LogP contribution >= 0.6 is 11.6 Å². The van der Waals surface area contributed by atoms with Gasteiger partial charge in [-0.2, -0.15) is 0 Å². The second-order valence-electron chi connectivity index (χ2n) is 6.36. The molecule has 29 heavy (non-hydrogen) atoms. The van der Waals surface area contributed by atoms with E-state index in [1.165, 1.54) is 29.9 Å². The summed E-state index contributed by atoms with van der Waals surface area (Å²) >= 11 is 5.91. The average molecular weight is 416 g/mol. The van der Waals surface area contributed by atoms with Crippen LogP contribution in [0.15, 0.2) is 49.1 Å². The van der Waals surface area contributed by atoms with Crippen LogP contribution in [-0.4, -0.2) is 30.2 Å². The predicted molar refractivity (Wildman–Crippen MR) is 109 cm³/mol. The molecule has 1 heterocycles. The second-order valence-corrected chi connectivity index (χ2v) is 6.80. The Morgan fingerprint density at radius 2 is 1.93 bits per heavy atom. The van der Waals surface area contributed by atoms with Crippen LogP contribution in [-0.2, 0) is 16.0 Å². The van der Waals surface area contributed by atoms with Gasteiger partial charge < -0.3 is 9.47 Å². The Hall–Kier alpha value is -3.12. The molecule has 0 spiro atoms. The van der Waals surface area contributed by atoms with Crippen LogP contribution in [0, 0.1) is 12.7 Å². The summed E-state index contributed by atoms with van der Waals surface area (Å²) in [6.45, 7) is 5.30. The van der Waals surface area contributed by atoms with E-state index < -0.39 is 11.8 Å². The SMILES string of the molecule is C=CCOC(=O)Cc1c(C)n(C(=O)c2ccc(Cl)cc2)c2cc(F)c(OC)cc12. The van der Waals surface area contributed by atoms with Crippen molar-refractivity contribution in [1.82, 2.24) is 4.57 Å². The number of nitrogens with zero attached hydrogens (tertiary/aromatic N) is 1. The highest BCUT2D eigenvalue weighted by molar-refractivity contribution is 6.30. The minimum Gasteiger partial charge on any atom is -0.494 e. The number of aromatic nitrogens is 1. The van der Waals surface area contributed by atoms with Crippen LogP contribution in [0.1, 0.15) is 21.6 Å². The van der Waals surface area contributed by atoms with Gasteiger partial charge in [-0.15, -0.1) is 0 Å². The third-order valence-corrected chi connectivity index (χ3v) is 4.84. The Labute approximate surface area is 172 Å². The maximum atomic E-state index is 14.4. The van der Waals surface area contributed by atoms with E-state index in [2.05, 4.69) is 6.58 Å².